The van der Waals surface area contributed by atoms with Crippen LogP contribution in [0.5, 0.6) is 0 Å². The third kappa shape index (κ3) is 8.84. The van der Waals surface area contributed by atoms with Crippen molar-refractivity contribution in [2.45, 2.75) is 43.9 Å². The van der Waals surface area contributed by atoms with Crippen LogP contribution in [-0.2, 0) is 27.8 Å². The van der Waals surface area contributed by atoms with Gasteiger partial charge in [-0.1, -0.05) is 50.2 Å². The molecular formula is C27H32N4O7S. The zero-order valence-electron chi connectivity index (χ0n) is 21.8. The lowest BCUT2D eigenvalue weighted by Gasteiger charge is -2.32. The molecule has 0 bridgehead atoms. The van der Waals surface area contributed by atoms with E-state index in [1.807, 2.05) is 19.9 Å². The van der Waals surface area contributed by atoms with Crippen molar-refractivity contribution in [1.82, 2.24) is 14.6 Å². The quantitative estimate of drug-likeness (QED) is 0.183. The molecule has 0 fully saturated rings. The second-order valence-electron chi connectivity index (χ2n) is 9.51. The lowest BCUT2D eigenvalue weighted by Crippen LogP contribution is -2.52. The lowest BCUT2D eigenvalue weighted by molar-refractivity contribution is -0.384. The average molecular weight is 557 g/mol. The van der Waals surface area contributed by atoms with Crippen LogP contribution < -0.4 is 5.32 Å². The van der Waals surface area contributed by atoms with E-state index >= 15 is 0 Å². The number of amides is 1. The number of nitrogens with zero attached hydrogens (tertiary/aromatic N) is 3. The monoisotopic (exact) mass is 556 g/mol. The van der Waals surface area contributed by atoms with Crippen molar-refractivity contribution in [2.24, 2.45) is 5.92 Å². The number of aromatic nitrogens is 1. The Labute approximate surface area is 227 Å². The summed E-state index contributed by atoms with van der Waals surface area (Å²) < 4.78 is 33.4. The maximum Gasteiger partial charge on any atom is 0.409 e. The van der Waals surface area contributed by atoms with Gasteiger partial charge in [-0.25, -0.2) is 13.2 Å². The highest BCUT2D eigenvalue weighted by molar-refractivity contribution is 7.89. The molecule has 0 saturated carbocycles. The van der Waals surface area contributed by atoms with E-state index in [0.29, 0.717) is 5.56 Å². The highest BCUT2D eigenvalue weighted by Gasteiger charge is 2.34. The van der Waals surface area contributed by atoms with Gasteiger partial charge in [0.05, 0.1) is 9.82 Å². The van der Waals surface area contributed by atoms with Gasteiger partial charge in [0.25, 0.3) is 5.69 Å². The van der Waals surface area contributed by atoms with Crippen molar-refractivity contribution < 1.29 is 28.0 Å². The first-order chi connectivity index (χ1) is 18.5. The van der Waals surface area contributed by atoms with Crippen molar-refractivity contribution in [3.05, 3.63) is 100 Å². The Morgan fingerprint density at radius 2 is 1.77 bits per heavy atom. The first-order valence-corrected chi connectivity index (χ1v) is 13.8. The van der Waals surface area contributed by atoms with Crippen molar-refractivity contribution in [2.75, 3.05) is 13.1 Å². The van der Waals surface area contributed by atoms with Crippen LogP contribution in [0, 0.1) is 16.0 Å². The zero-order valence-corrected chi connectivity index (χ0v) is 22.6. The Morgan fingerprint density at radius 1 is 1.10 bits per heavy atom. The third-order valence-corrected chi connectivity index (χ3v) is 7.68. The predicted molar refractivity (Wildman–Crippen MR) is 144 cm³/mol. The first kappa shape index (κ1) is 29.7. The van der Waals surface area contributed by atoms with Crippen LogP contribution >= 0.6 is 0 Å². The number of nitrogens with one attached hydrogen (secondary N) is 1. The van der Waals surface area contributed by atoms with Gasteiger partial charge in [0.1, 0.15) is 12.3 Å². The minimum atomic E-state index is -4.06. The number of non-ortho nitro benzene ring substituents is 1. The smallest absolute Gasteiger partial charge is 0.409 e. The summed E-state index contributed by atoms with van der Waals surface area (Å²) in [5, 5.41) is 25.0. The highest BCUT2D eigenvalue weighted by atomic mass is 32.2. The first-order valence-electron chi connectivity index (χ1n) is 12.3. The van der Waals surface area contributed by atoms with Crippen molar-refractivity contribution in [3.63, 3.8) is 0 Å². The molecule has 1 aromatic heterocycles. The molecule has 1 heterocycles. The summed E-state index contributed by atoms with van der Waals surface area (Å²) >= 11 is 0. The SMILES string of the molecule is CC(C)CN(CCC(O)(Cc1ccccc1)NC(=O)OCc1cccnc1)S(=O)(=O)c1ccc([N+](=O)[O-])cc1. The molecule has 1 unspecified atom stereocenters. The number of benzene rings is 2. The van der Waals surface area contributed by atoms with E-state index in [0.717, 1.165) is 17.7 Å². The molecule has 0 aliphatic rings. The van der Waals surface area contributed by atoms with Gasteiger partial charge < -0.3 is 9.84 Å². The van der Waals surface area contributed by atoms with Gasteiger partial charge in [0.2, 0.25) is 10.0 Å². The van der Waals surface area contributed by atoms with Crippen molar-refractivity contribution in [3.8, 4) is 0 Å². The van der Waals surface area contributed by atoms with Crippen LogP contribution in [0.4, 0.5) is 10.5 Å². The predicted octanol–water partition coefficient (Wildman–Crippen LogP) is 3.88. The molecule has 11 nitrogen and oxygen atoms in total. The minimum Gasteiger partial charge on any atom is -0.445 e. The summed E-state index contributed by atoms with van der Waals surface area (Å²) in [5.74, 6) is -0.0579. The minimum absolute atomic E-state index is 0.00291. The highest BCUT2D eigenvalue weighted by Crippen LogP contribution is 2.23. The molecule has 39 heavy (non-hydrogen) atoms. The van der Waals surface area contributed by atoms with E-state index in [-0.39, 0.29) is 49.0 Å². The van der Waals surface area contributed by atoms with Gasteiger partial charge in [-0.3, -0.25) is 20.4 Å². The van der Waals surface area contributed by atoms with Gasteiger partial charge in [0, 0.05) is 56.0 Å². The van der Waals surface area contributed by atoms with Gasteiger partial charge >= 0.3 is 6.09 Å². The summed E-state index contributed by atoms with van der Waals surface area (Å²) in [6.07, 6.45) is 2.13. The van der Waals surface area contributed by atoms with E-state index in [9.17, 15) is 28.4 Å². The molecule has 3 rings (SSSR count). The number of nitro groups is 1. The molecule has 2 aromatic carbocycles. The van der Waals surface area contributed by atoms with Gasteiger partial charge in [-0.15, -0.1) is 0 Å². The van der Waals surface area contributed by atoms with Gasteiger partial charge in [0.15, 0.2) is 0 Å². The summed E-state index contributed by atoms with van der Waals surface area (Å²) in [5.41, 5.74) is -0.679. The number of rotatable bonds is 13. The summed E-state index contributed by atoms with van der Waals surface area (Å²) in [7, 11) is -4.06. The van der Waals surface area contributed by atoms with E-state index in [1.165, 1.54) is 16.4 Å². The fraction of sp³-hybridized carbons (Fsp3) is 0.333. The maximum atomic E-state index is 13.5. The number of sulfonamides is 1. The Morgan fingerprint density at radius 3 is 2.36 bits per heavy atom. The Bertz CT molecular complexity index is 1340. The molecule has 0 saturated heterocycles. The van der Waals surface area contributed by atoms with Crippen LogP contribution in [0.25, 0.3) is 0 Å². The van der Waals surface area contributed by atoms with Crippen LogP contribution in [0.3, 0.4) is 0 Å². The molecule has 2 N–H and O–H groups in total. The third-order valence-electron chi connectivity index (χ3n) is 5.80. The van der Waals surface area contributed by atoms with Crippen LogP contribution in [0.15, 0.2) is 84.0 Å². The fourth-order valence-electron chi connectivity index (χ4n) is 3.90. The summed E-state index contributed by atoms with van der Waals surface area (Å²) in [6.45, 7) is 3.64. The number of aliphatic hydroxyl groups is 1. The number of pyridine rings is 1. The lowest BCUT2D eigenvalue weighted by atomic mass is 9.99. The fourth-order valence-corrected chi connectivity index (χ4v) is 5.51. The molecular weight excluding hydrogens is 524 g/mol. The molecule has 0 aliphatic carbocycles. The van der Waals surface area contributed by atoms with Crippen molar-refractivity contribution >= 4 is 21.8 Å². The van der Waals surface area contributed by atoms with E-state index in [4.69, 9.17) is 4.74 Å². The van der Waals surface area contributed by atoms with Crippen LogP contribution in [-0.4, -0.2) is 52.6 Å². The summed E-state index contributed by atoms with van der Waals surface area (Å²) in [4.78, 5) is 26.9. The van der Waals surface area contributed by atoms with Gasteiger partial charge in [-0.05, 0) is 29.7 Å². The van der Waals surface area contributed by atoms with E-state index < -0.39 is 26.8 Å². The number of hydrogen-bond donors (Lipinski definition) is 2. The normalized spacial score (nSPS) is 13.2. The van der Waals surface area contributed by atoms with E-state index in [2.05, 4.69) is 10.3 Å². The molecule has 1 amide bonds. The molecule has 3 aromatic rings. The Hall–Kier alpha value is -3.87. The number of nitro benzene ring substituents is 1. The summed E-state index contributed by atoms with van der Waals surface area (Å²) in [6, 6.07) is 17.1. The standard InChI is InChI=1S/C27H32N4O7S/c1-21(2)19-30(39(36,37)25-12-10-24(11-13-25)31(34)35)16-14-27(33,17-22-7-4-3-5-8-22)29-26(32)38-20-23-9-6-15-28-18-23/h3-13,15,18,21,33H,14,16-17,19-20H2,1-2H3,(H,29,32). The van der Waals surface area contributed by atoms with Crippen molar-refractivity contribution in [1.29, 1.82) is 0 Å². The molecule has 208 valence electrons. The molecule has 0 radical (unpaired) electrons. The number of alkyl carbamates (subject to hydrolysis) is 1. The van der Waals surface area contributed by atoms with Gasteiger partial charge in [-0.2, -0.15) is 4.31 Å². The molecule has 0 aliphatic heterocycles. The van der Waals surface area contributed by atoms with E-state index in [1.54, 1.807) is 48.8 Å². The maximum absolute atomic E-state index is 13.5. The second-order valence-corrected chi connectivity index (χ2v) is 11.5. The Balaban J connectivity index is 1.80. The number of carbonyl (C=O) groups is 1. The average Bonchev–Trinajstić information content (AvgIpc) is 2.90. The molecule has 12 heteroatoms. The zero-order chi connectivity index (χ0) is 28.5. The number of carbonyl (C=O) groups excluding carboxylic acids is 1. The topological polar surface area (TPSA) is 152 Å². The van der Waals surface area contributed by atoms with Crippen LogP contribution in [0.2, 0.25) is 0 Å². The number of hydrogen-bond acceptors (Lipinski definition) is 8. The largest absolute Gasteiger partial charge is 0.445 e. The molecule has 1 atom stereocenters. The number of ether oxygens (including phenoxy) is 1. The molecule has 0 spiro atoms. The van der Waals surface area contributed by atoms with Crippen LogP contribution in [0.1, 0.15) is 31.4 Å². The Kier molecular flexibility index (Phi) is 10.1. The second kappa shape index (κ2) is 13.3.